The number of unbranched alkanes of at least 4 members (excludes halogenated alkanes) is 1. The number of allylic oxidation sites excluding steroid dienone is 1. The number of ketones is 1. The Morgan fingerprint density at radius 1 is 1.12 bits per heavy atom. The zero-order valence-electron chi connectivity index (χ0n) is 19.1. The van der Waals surface area contributed by atoms with Crippen LogP contribution in [0.25, 0.3) is 20.5 Å². The topological polar surface area (TPSA) is 49.8 Å². The summed E-state index contributed by atoms with van der Waals surface area (Å²) in [4.78, 5) is 17.2. The van der Waals surface area contributed by atoms with Crippen LogP contribution < -0.4 is 0 Å². The molecule has 3 aromatic rings. The van der Waals surface area contributed by atoms with E-state index in [0.717, 1.165) is 52.0 Å². The number of phenolic OH excluding ortho intramolecular Hbond substituents is 1. The van der Waals surface area contributed by atoms with Gasteiger partial charge in [-0.2, -0.15) is 0 Å². The van der Waals surface area contributed by atoms with Gasteiger partial charge in [-0.1, -0.05) is 55.8 Å². The number of Topliss-reactive ketones (excluding diaryl/α,β-unsaturated/α-hetero) is 1. The second-order valence-corrected chi connectivity index (χ2v) is 10.2. The fourth-order valence-electron chi connectivity index (χ4n) is 4.85. The van der Waals surface area contributed by atoms with E-state index in [4.69, 9.17) is 4.74 Å². The van der Waals surface area contributed by atoms with Crippen LogP contribution in [0.1, 0.15) is 43.0 Å². The lowest BCUT2D eigenvalue weighted by molar-refractivity contribution is -0.0812. The summed E-state index contributed by atoms with van der Waals surface area (Å²) in [5.41, 5.74) is 1.82. The number of nitrogens with zero attached hydrogens (tertiary/aromatic N) is 1. The van der Waals surface area contributed by atoms with Crippen LogP contribution in [0.4, 0.5) is 0 Å². The molecule has 1 aromatic heterocycles. The van der Waals surface area contributed by atoms with E-state index in [2.05, 4.69) is 24.0 Å². The van der Waals surface area contributed by atoms with Crippen molar-refractivity contribution in [2.45, 2.75) is 44.8 Å². The molecule has 2 aliphatic rings. The van der Waals surface area contributed by atoms with Gasteiger partial charge in [-0.05, 0) is 49.6 Å². The van der Waals surface area contributed by atoms with E-state index in [1.54, 1.807) is 23.5 Å². The molecule has 4 nitrogen and oxygen atoms in total. The number of thiophene rings is 1. The van der Waals surface area contributed by atoms with Gasteiger partial charge in [0.2, 0.25) is 0 Å². The summed E-state index contributed by atoms with van der Waals surface area (Å²) in [5, 5.41) is 10.9. The van der Waals surface area contributed by atoms with E-state index in [1.165, 1.54) is 19.4 Å². The Kier molecular flexibility index (Phi) is 6.63. The zero-order valence-corrected chi connectivity index (χ0v) is 19.9. The number of phenols is 1. The van der Waals surface area contributed by atoms with Gasteiger partial charge in [0, 0.05) is 39.5 Å². The van der Waals surface area contributed by atoms with Gasteiger partial charge in [0.1, 0.15) is 5.75 Å². The summed E-state index contributed by atoms with van der Waals surface area (Å²) in [6, 6.07) is 15.4. The minimum Gasteiger partial charge on any atom is -0.508 e. The predicted octanol–water partition coefficient (Wildman–Crippen LogP) is 6.29. The summed E-state index contributed by atoms with van der Waals surface area (Å²) in [5.74, 6) is 0.250. The van der Waals surface area contributed by atoms with Crippen molar-refractivity contribution < 1.29 is 14.6 Å². The van der Waals surface area contributed by atoms with Crippen molar-refractivity contribution in [2.75, 3.05) is 19.6 Å². The number of carbonyl (C=O) groups is 1. The standard InChI is InChI=1S/C28H31NO3S/c1-2-3-15-29-17-23(18-29)32-22-12-9-19(10-13-22)27(31)26-24-14-11-21(30)16-25(24)33-28(26)20-7-5-4-6-8-20/h4-9,11-12,14,16,19,22-23,30H,2-3,10,13,15,17-18H2,1H3. The molecule has 2 aromatic carbocycles. The molecule has 172 valence electrons. The van der Waals surface area contributed by atoms with Crippen LogP contribution in [0.3, 0.4) is 0 Å². The molecular weight excluding hydrogens is 430 g/mol. The van der Waals surface area contributed by atoms with Gasteiger partial charge < -0.3 is 9.84 Å². The maximum atomic E-state index is 13.7. The highest BCUT2D eigenvalue weighted by Gasteiger charge is 2.32. The minimum atomic E-state index is -0.138. The van der Waals surface area contributed by atoms with E-state index in [0.29, 0.717) is 6.10 Å². The molecular formula is C28H31NO3S. The van der Waals surface area contributed by atoms with Gasteiger partial charge >= 0.3 is 0 Å². The lowest BCUT2D eigenvalue weighted by atomic mass is 9.86. The van der Waals surface area contributed by atoms with Crippen LogP contribution in [0, 0.1) is 5.92 Å². The largest absolute Gasteiger partial charge is 0.508 e. The van der Waals surface area contributed by atoms with Gasteiger partial charge in [-0.3, -0.25) is 9.69 Å². The highest BCUT2D eigenvalue weighted by Crippen LogP contribution is 2.42. The maximum absolute atomic E-state index is 13.7. The zero-order chi connectivity index (χ0) is 22.8. The number of hydrogen-bond donors (Lipinski definition) is 1. The molecule has 0 radical (unpaired) electrons. The molecule has 0 bridgehead atoms. The van der Waals surface area contributed by atoms with Gasteiger partial charge in [-0.25, -0.2) is 0 Å². The molecule has 1 fully saturated rings. The first-order valence-electron chi connectivity index (χ1n) is 12.0. The number of benzene rings is 2. The molecule has 0 amide bonds. The van der Waals surface area contributed by atoms with Gasteiger partial charge in [0.05, 0.1) is 12.2 Å². The molecule has 5 heteroatoms. The van der Waals surface area contributed by atoms with Crippen molar-refractivity contribution in [3.8, 4) is 16.2 Å². The third kappa shape index (κ3) is 4.77. The fourth-order valence-corrected chi connectivity index (χ4v) is 6.10. The molecule has 5 rings (SSSR count). The maximum Gasteiger partial charge on any atom is 0.171 e. The third-order valence-electron chi connectivity index (χ3n) is 6.73. The first-order chi connectivity index (χ1) is 16.1. The monoisotopic (exact) mass is 461 g/mol. The molecule has 2 heterocycles. The quantitative estimate of drug-likeness (QED) is 0.316. The number of likely N-dealkylation sites (tertiary alicyclic amines) is 1. The summed E-state index contributed by atoms with van der Waals surface area (Å²) in [6.07, 6.45) is 8.75. The number of rotatable bonds is 8. The second-order valence-electron chi connectivity index (χ2n) is 9.20. The van der Waals surface area contributed by atoms with Crippen LogP contribution in [0.5, 0.6) is 5.75 Å². The SMILES string of the molecule is CCCCN1CC(OC2C=CC(C(=O)c3c(-c4ccccc4)sc4cc(O)ccc34)CC2)C1. The van der Waals surface area contributed by atoms with Crippen molar-refractivity contribution >= 4 is 27.2 Å². The summed E-state index contributed by atoms with van der Waals surface area (Å²) in [6.45, 7) is 5.45. The molecule has 1 N–H and O–H groups in total. The Morgan fingerprint density at radius 2 is 1.94 bits per heavy atom. The number of hydrogen-bond acceptors (Lipinski definition) is 5. The lowest BCUT2D eigenvalue weighted by Gasteiger charge is -2.41. The van der Waals surface area contributed by atoms with E-state index >= 15 is 0 Å². The lowest BCUT2D eigenvalue weighted by Crippen LogP contribution is -2.53. The average Bonchev–Trinajstić information content (AvgIpc) is 3.19. The van der Waals surface area contributed by atoms with Gasteiger partial charge in [0.25, 0.3) is 0 Å². The molecule has 33 heavy (non-hydrogen) atoms. The van der Waals surface area contributed by atoms with Crippen molar-refractivity contribution in [3.05, 3.63) is 66.2 Å². The Labute approximate surface area is 199 Å². The molecule has 0 saturated carbocycles. The molecule has 2 atom stereocenters. The molecule has 1 aliphatic carbocycles. The summed E-state index contributed by atoms with van der Waals surface area (Å²) < 4.78 is 7.21. The number of fused-ring (bicyclic) bond motifs is 1. The first kappa shape index (κ1) is 22.3. The number of carbonyl (C=O) groups excluding carboxylic acids is 1. The smallest absolute Gasteiger partial charge is 0.171 e. The van der Waals surface area contributed by atoms with E-state index < -0.39 is 0 Å². The third-order valence-corrected chi connectivity index (χ3v) is 7.93. The van der Waals surface area contributed by atoms with Crippen LogP contribution in [-0.4, -0.2) is 47.6 Å². The van der Waals surface area contributed by atoms with Crippen molar-refractivity contribution in [1.82, 2.24) is 4.90 Å². The molecule has 1 aliphatic heterocycles. The van der Waals surface area contributed by atoms with Crippen LogP contribution in [-0.2, 0) is 4.74 Å². The Bertz CT molecular complexity index is 1150. The average molecular weight is 462 g/mol. The number of ether oxygens (including phenoxy) is 1. The van der Waals surface area contributed by atoms with Crippen LogP contribution in [0.2, 0.25) is 0 Å². The van der Waals surface area contributed by atoms with E-state index in [-0.39, 0.29) is 23.6 Å². The predicted molar refractivity (Wildman–Crippen MR) is 135 cm³/mol. The molecule has 1 saturated heterocycles. The van der Waals surface area contributed by atoms with Crippen LogP contribution in [0.15, 0.2) is 60.7 Å². The highest BCUT2D eigenvalue weighted by molar-refractivity contribution is 7.22. The van der Waals surface area contributed by atoms with Crippen molar-refractivity contribution in [3.63, 3.8) is 0 Å². The summed E-state index contributed by atoms with van der Waals surface area (Å²) in [7, 11) is 0. The van der Waals surface area contributed by atoms with Crippen LogP contribution >= 0.6 is 11.3 Å². The Balaban J connectivity index is 1.32. The van der Waals surface area contributed by atoms with Crippen molar-refractivity contribution in [2.24, 2.45) is 5.92 Å². The summed E-state index contributed by atoms with van der Waals surface area (Å²) >= 11 is 1.57. The second kappa shape index (κ2) is 9.80. The molecule has 0 spiro atoms. The van der Waals surface area contributed by atoms with Gasteiger partial charge in [-0.15, -0.1) is 11.3 Å². The highest BCUT2D eigenvalue weighted by atomic mass is 32.1. The normalized spacial score (nSPS) is 21.4. The van der Waals surface area contributed by atoms with Crippen molar-refractivity contribution in [1.29, 1.82) is 0 Å². The fraction of sp³-hybridized carbons (Fsp3) is 0.393. The molecule has 2 unspecified atom stereocenters. The first-order valence-corrected chi connectivity index (χ1v) is 12.9. The van der Waals surface area contributed by atoms with E-state index in [9.17, 15) is 9.90 Å². The Hall–Kier alpha value is -2.47. The van der Waals surface area contributed by atoms with E-state index in [1.807, 2.05) is 36.4 Å². The van der Waals surface area contributed by atoms with Gasteiger partial charge in [0.15, 0.2) is 5.78 Å². The Morgan fingerprint density at radius 3 is 2.67 bits per heavy atom. The minimum absolute atomic E-state index is 0.108. The number of aromatic hydroxyl groups is 1.